The fourth-order valence-corrected chi connectivity index (χ4v) is 3.55. The minimum atomic E-state index is -3.28. The third-order valence-corrected chi connectivity index (χ3v) is 4.97. The minimum absolute atomic E-state index is 0.0259. The molecular formula is C13H12N4O4S2. The standard InChI is InChI=1S/C13H12N4O4S2/c1-7-14-11(17-21-7)6-12(18)16-13-15-9-4-3-8(23(2,19)20)5-10(9)22-13/h3-5H,6H2,1-2H3,(H,15,16,18). The lowest BCUT2D eigenvalue weighted by Crippen LogP contribution is -2.14. The van der Waals surface area contributed by atoms with E-state index in [1.807, 2.05) is 0 Å². The topological polar surface area (TPSA) is 115 Å². The van der Waals surface area contributed by atoms with Crippen LogP contribution in [0.3, 0.4) is 0 Å². The van der Waals surface area contributed by atoms with E-state index in [1.165, 1.54) is 17.4 Å². The molecule has 0 fully saturated rings. The molecule has 120 valence electrons. The number of hydrogen-bond donors (Lipinski definition) is 1. The van der Waals surface area contributed by atoms with Crippen LogP contribution in [0.4, 0.5) is 5.13 Å². The molecule has 0 aliphatic rings. The van der Waals surface area contributed by atoms with E-state index < -0.39 is 9.84 Å². The zero-order valence-corrected chi connectivity index (χ0v) is 13.9. The number of carbonyl (C=O) groups excluding carboxylic acids is 1. The molecule has 0 unspecified atom stereocenters. The van der Waals surface area contributed by atoms with E-state index in [2.05, 4.69) is 20.4 Å². The van der Waals surface area contributed by atoms with Gasteiger partial charge in [0.25, 0.3) is 0 Å². The van der Waals surface area contributed by atoms with Crippen molar-refractivity contribution >= 4 is 42.4 Å². The number of amides is 1. The minimum Gasteiger partial charge on any atom is -0.340 e. The Morgan fingerprint density at radius 3 is 2.78 bits per heavy atom. The van der Waals surface area contributed by atoms with Crippen LogP contribution in [0.2, 0.25) is 0 Å². The molecule has 3 rings (SSSR count). The largest absolute Gasteiger partial charge is 0.340 e. The second-order valence-electron chi connectivity index (χ2n) is 4.88. The molecule has 0 saturated heterocycles. The van der Waals surface area contributed by atoms with Crippen LogP contribution in [-0.2, 0) is 21.1 Å². The van der Waals surface area contributed by atoms with E-state index in [4.69, 9.17) is 4.52 Å². The molecule has 0 atom stereocenters. The van der Waals surface area contributed by atoms with Gasteiger partial charge < -0.3 is 9.84 Å². The zero-order valence-electron chi connectivity index (χ0n) is 12.2. The number of nitrogens with zero attached hydrogens (tertiary/aromatic N) is 3. The van der Waals surface area contributed by atoms with Crippen LogP contribution >= 0.6 is 11.3 Å². The van der Waals surface area contributed by atoms with Crippen molar-refractivity contribution in [2.24, 2.45) is 0 Å². The Morgan fingerprint density at radius 2 is 2.13 bits per heavy atom. The SMILES string of the molecule is Cc1nc(CC(=O)Nc2nc3ccc(S(C)(=O)=O)cc3s2)no1. The summed E-state index contributed by atoms with van der Waals surface area (Å²) in [4.78, 5) is 20.4. The second-order valence-corrected chi connectivity index (χ2v) is 7.92. The summed E-state index contributed by atoms with van der Waals surface area (Å²) in [7, 11) is -3.28. The summed E-state index contributed by atoms with van der Waals surface area (Å²) in [5.74, 6) is 0.356. The average molecular weight is 352 g/mol. The van der Waals surface area contributed by atoms with E-state index in [1.54, 1.807) is 19.1 Å². The highest BCUT2D eigenvalue weighted by Crippen LogP contribution is 2.28. The van der Waals surface area contributed by atoms with Gasteiger partial charge in [-0.25, -0.2) is 13.4 Å². The molecule has 3 aromatic rings. The van der Waals surface area contributed by atoms with Crippen molar-refractivity contribution in [2.75, 3.05) is 11.6 Å². The lowest BCUT2D eigenvalue weighted by atomic mass is 10.3. The molecule has 0 radical (unpaired) electrons. The lowest BCUT2D eigenvalue weighted by Gasteiger charge is -1.97. The molecular weight excluding hydrogens is 340 g/mol. The quantitative estimate of drug-likeness (QED) is 0.758. The first-order chi connectivity index (χ1) is 10.8. The van der Waals surface area contributed by atoms with Gasteiger partial charge in [-0.2, -0.15) is 4.98 Å². The number of sulfone groups is 1. The highest BCUT2D eigenvalue weighted by molar-refractivity contribution is 7.90. The molecule has 0 aliphatic carbocycles. The third kappa shape index (κ3) is 3.54. The Morgan fingerprint density at radius 1 is 1.35 bits per heavy atom. The Balaban J connectivity index is 1.79. The number of aryl methyl sites for hydroxylation is 1. The molecule has 2 aromatic heterocycles. The number of rotatable bonds is 4. The number of anilines is 1. The maximum absolute atomic E-state index is 11.9. The molecule has 1 amide bonds. The Kier molecular flexibility index (Phi) is 3.86. The van der Waals surface area contributed by atoms with Crippen molar-refractivity contribution < 1.29 is 17.7 Å². The van der Waals surface area contributed by atoms with Crippen LogP contribution in [0.25, 0.3) is 10.2 Å². The van der Waals surface area contributed by atoms with Crippen molar-refractivity contribution in [1.82, 2.24) is 15.1 Å². The zero-order chi connectivity index (χ0) is 16.6. The number of aromatic nitrogens is 3. The van der Waals surface area contributed by atoms with Crippen molar-refractivity contribution in [3.05, 3.63) is 29.9 Å². The molecule has 1 aromatic carbocycles. The number of hydrogen-bond acceptors (Lipinski definition) is 8. The fourth-order valence-electron chi connectivity index (χ4n) is 1.91. The second kappa shape index (κ2) is 5.70. The van der Waals surface area contributed by atoms with Crippen LogP contribution in [-0.4, -0.2) is 35.7 Å². The summed E-state index contributed by atoms with van der Waals surface area (Å²) in [6.07, 6.45) is 1.12. The highest BCUT2D eigenvalue weighted by Gasteiger charge is 2.14. The summed E-state index contributed by atoms with van der Waals surface area (Å²) in [6.45, 7) is 1.64. The van der Waals surface area contributed by atoms with Gasteiger partial charge >= 0.3 is 0 Å². The van der Waals surface area contributed by atoms with E-state index >= 15 is 0 Å². The van der Waals surface area contributed by atoms with E-state index in [0.29, 0.717) is 27.1 Å². The first-order valence-electron chi connectivity index (χ1n) is 6.51. The number of thiazole rings is 1. The fraction of sp³-hybridized carbons (Fsp3) is 0.231. The number of carbonyl (C=O) groups is 1. The molecule has 0 spiro atoms. The average Bonchev–Trinajstić information content (AvgIpc) is 3.02. The van der Waals surface area contributed by atoms with Gasteiger partial charge in [0.05, 0.1) is 21.5 Å². The first kappa shape index (κ1) is 15.6. The molecule has 0 saturated carbocycles. The molecule has 23 heavy (non-hydrogen) atoms. The Hall–Kier alpha value is -2.33. The number of fused-ring (bicyclic) bond motifs is 1. The first-order valence-corrected chi connectivity index (χ1v) is 9.22. The van der Waals surface area contributed by atoms with E-state index in [-0.39, 0.29) is 17.2 Å². The smallest absolute Gasteiger partial charge is 0.233 e. The van der Waals surface area contributed by atoms with Gasteiger partial charge in [0.15, 0.2) is 20.8 Å². The predicted octanol–water partition coefficient (Wildman–Crippen LogP) is 1.57. The maximum atomic E-state index is 11.9. The lowest BCUT2D eigenvalue weighted by molar-refractivity contribution is -0.115. The number of benzene rings is 1. The van der Waals surface area contributed by atoms with Crippen LogP contribution in [0.5, 0.6) is 0 Å². The maximum Gasteiger partial charge on any atom is 0.233 e. The van der Waals surface area contributed by atoms with Crippen LogP contribution < -0.4 is 5.32 Å². The predicted molar refractivity (Wildman–Crippen MR) is 84.1 cm³/mol. The summed E-state index contributed by atoms with van der Waals surface area (Å²) < 4.78 is 28.6. The monoisotopic (exact) mass is 352 g/mol. The van der Waals surface area contributed by atoms with Gasteiger partial charge in [-0.05, 0) is 18.2 Å². The highest BCUT2D eigenvalue weighted by atomic mass is 32.2. The van der Waals surface area contributed by atoms with Crippen molar-refractivity contribution in [3.63, 3.8) is 0 Å². The van der Waals surface area contributed by atoms with E-state index in [0.717, 1.165) is 6.26 Å². The summed E-state index contributed by atoms with van der Waals surface area (Å²) in [6, 6.07) is 4.64. The van der Waals surface area contributed by atoms with Gasteiger partial charge in [-0.1, -0.05) is 16.5 Å². The Labute approximate surface area is 135 Å². The van der Waals surface area contributed by atoms with Gasteiger partial charge in [0.2, 0.25) is 11.8 Å². The van der Waals surface area contributed by atoms with Gasteiger partial charge in [-0.3, -0.25) is 4.79 Å². The molecule has 8 nitrogen and oxygen atoms in total. The molecule has 2 heterocycles. The summed E-state index contributed by atoms with van der Waals surface area (Å²) in [5.41, 5.74) is 0.619. The van der Waals surface area contributed by atoms with Crippen LogP contribution in [0.1, 0.15) is 11.7 Å². The normalized spacial score (nSPS) is 11.7. The van der Waals surface area contributed by atoms with Crippen molar-refractivity contribution in [2.45, 2.75) is 18.2 Å². The molecule has 0 aliphatic heterocycles. The van der Waals surface area contributed by atoms with Crippen LogP contribution in [0, 0.1) is 6.92 Å². The van der Waals surface area contributed by atoms with Crippen molar-refractivity contribution in [3.8, 4) is 0 Å². The third-order valence-electron chi connectivity index (χ3n) is 2.92. The van der Waals surface area contributed by atoms with Gasteiger partial charge in [0.1, 0.15) is 0 Å². The van der Waals surface area contributed by atoms with Crippen LogP contribution in [0.15, 0.2) is 27.6 Å². The summed E-state index contributed by atoms with van der Waals surface area (Å²) in [5, 5.41) is 6.68. The summed E-state index contributed by atoms with van der Waals surface area (Å²) >= 11 is 1.20. The Bertz CT molecular complexity index is 990. The number of nitrogens with one attached hydrogen (secondary N) is 1. The molecule has 10 heteroatoms. The molecule has 1 N–H and O–H groups in total. The van der Waals surface area contributed by atoms with E-state index in [9.17, 15) is 13.2 Å². The van der Waals surface area contributed by atoms with Gasteiger partial charge in [0, 0.05) is 13.2 Å². The van der Waals surface area contributed by atoms with Crippen molar-refractivity contribution in [1.29, 1.82) is 0 Å². The van der Waals surface area contributed by atoms with Gasteiger partial charge in [-0.15, -0.1) is 0 Å². The molecule has 0 bridgehead atoms.